The van der Waals surface area contributed by atoms with Crippen molar-refractivity contribution in [3.8, 4) is 0 Å². The van der Waals surface area contributed by atoms with Crippen LogP contribution in [0.5, 0.6) is 0 Å². The molecule has 1 aromatic carbocycles. The van der Waals surface area contributed by atoms with Gasteiger partial charge in [0.1, 0.15) is 0 Å². The number of ketones is 1. The summed E-state index contributed by atoms with van der Waals surface area (Å²) in [5, 5.41) is 0. The maximum atomic E-state index is 10.9. The number of benzene rings is 1. The average Bonchev–Trinajstić information content (AvgIpc) is 2.63. The first-order chi connectivity index (χ1) is 12.4. The average molecular weight is 359 g/mol. The fourth-order valence-corrected chi connectivity index (χ4v) is 4.49. The molecule has 0 heterocycles. The summed E-state index contributed by atoms with van der Waals surface area (Å²) in [5.74, 6) is 1.72. The molecule has 0 unspecified atom stereocenters. The van der Waals surface area contributed by atoms with Crippen molar-refractivity contribution in [3.63, 3.8) is 0 Å². The van der Waals surface area contributed by atoms with E-state index in [-0.39, 0.29) is 5.78 Å². The summed E-state index contributed by atoms with van der Waals surface area (Å²) in [7, 11) is 0. The van der Waals surface area contributed by atoms with Crippen LogP contribution >= 0.6 is 0 Å². The lowest BCUT2D eigenvalue weighted by Crippen LogP contribution is -2.27. The number of carbonyl (C=O) groups is 1. The van der Waals surface area contributed by atoms with Gasteiger partial charge in [0.05, 0.1) is 0 Å². The van der Waals surface area contributed by atoms with E-state index in [2.05, 4.69) is 34.6 Å². The molecule has 1 heteroatoms. The summed E-state index contributed by atoms with van der Waals surface area (Å²) >= 11 is 0. The highest BCUT2D eigenvalue weighted by atomic mass is 16.1. The molecule has 1 nitrogen and oxygen atoms in total. The van der Waals surface area contributed by atoms with Gasteiger partial charge < -0.3 is 0 Å². The highest BCUT2D eigenvalue weighted by Crippen LogP contribution is 2.46. The van der Waals surface area contributed by atoms with E-state index in [0.29, 0.717) is 5.92 Å². The molecule has 1 aliphatic carbocycles. The Morgan fingerprint density at radius 1 is 1.00 bits per heavy atom. The molecule has 0 amide bonds. The molecule has 1 fully saturated rings. The zero-order valence-corrected chi connectivity index (χ0v) is 18.2. The third kappa shape index (κ3) is 7.25. The second kappa shape index (κ2) is 11.6. The Balaban J connectivity index is 0.000000263. The summed E-state index contributed by atoms with van der Waals surface area (Å²) < 4.78 is 0. The molecule has 1 aromatic rings. The van der Waals surface area contributed by atoms with Crippen LogP contribution in [0.1, 0.15) is 121 Å². The van der Waals surface area contributed by atoms with Crippen LogP contribution in [0.4, 0.5) is 0 Å². The van der Waals surface area contributed by atoms with E-state index in [0.717, 1.165) is 16.9 Å². The van der Waals surface area contributed by atoms with Gasteiger partial charge in [0.2, 0.25) is 0 Å². The van der Waals surface area contributed by atoms with Gasteiger partial charge in [-0.05, 0) is 68.3 Å². The molecule has 1 aliphatic rings. The smallest absolute Gasteiger partial charge is 0.159 e. The first-order valence-electron chi connectivity index (χ1n) is 11.0. The molecular weight excluding hydrogens is 316 g/mol. The van der Waals surface area contributed by atoms with Crippen LogP contribution in [0.2, 0.25) is 0 Å². The fourth-order valence-electron chi connectivity index (χ4n) is 4.49. The molecule has 0 aromatic heterocycles. The molecule has 0 bridgehead atoms. The van der Waals surface area contributed by atoms with E-state index in [1.165, 1.54) is 63.4 Å². The highest BCUT2D eigenvalue weighted by molar-refractivity contribution is 5.94. The predicted octanol–water partition coefficient (Wildman–Crippen LogP) is 8.19. The number of rotatable bonds is 7. The number of hydrogen-bond donors (Lipinski definition) is 0. The quantitative estimate of drug-likeness (QED) is 0.449. The lowest BCUT2D eigenvalue weighted by Gasteiger charge is -2.40. The topological polar surface area (TPSA) is 17.1 Å². The van der Waals surface area contributed by atoms with Crippen molar-refractivity contribution in [2.24, 2.45) is 11.3 Å². The van der Waals surface area contributed by atoms with Crippen molar-refractivity contribution < 1.29 is 4.79 Å². The number of carbonyl (C=O) groups excluding carboxylic acids is 1. The summed E-state index contributed by atoms with van der Waals surface area (Å²) in [5.41, 5.74) is 2.83. The molecule has 2 rings (SSSR count). The van der Waals surface area contributed by atoms with Crippen LogP contribution < -0.4 is 0 Å². The van der Waals surface area contributed by atoms with Crippen molar-refractivity contribution in [1.29, 1.82) is 0 Å². The minimum Gasteiger partial charge on any atom is -0.295 e. The van der Waals surface area contributed by atoms with Crippen molar-refractivity contribution in [3.05, 3.63) is 35.4 Å². The molecule has 1 saturated carbocycles. The lowest BCUT2D eigenvalue weighted by molar-refractivity contribution is 0.101. The molecule has 0 saturated heterocycles. The van der Waals surface area contributed by atoms with Gasteiger partial charge in [-0.3, -0.25) is 4.79 Å². The SMILES string of the molecule is CC(=O)c1ccc(C(C)C)cc1.CCCC1(CCC)CCC(CC)CC1. The van der Waals surface area contributed by atoms with E-state index in [1.807, 2.05) is 24.3 Å². The Kier molecular flexibility index (Phi) is 10.2. The van der Waals surface area contributed by atoms with Gasteiger partial charge in [-0.2, -0.15) is 0 Å². The molecule has 148 valence electrons. The lowest BCUT2D eigenvalue weighted by atomic mass is 9.65. The van der Waals surface area contributed by atoms with E-state index in [4.69, 9.17) is 0 Å². The largest absolute Gasteiger partial charge is 0.295 e. The van der Waals surface area contributed by atoms with Crippen molar-refractivity contribution in [2.75, 3.05) is 0 Å². The third-order valence-corrected chi connectivity index (χ3v) is 6.29. The Morgan fingerprint density at radius 3 is 1.85 bits per heavy atom. The zero-order chi connectivity index (χ0) is 19.6. The fraction of sp³-hybridized carbons (Fsp3) is 0.720. The second-order valence-electron chi connectivity index (χ2n) is 8.68. The normalized spacial score (nSPS) is 16.9. The second-order valence-corrected chi connectivity index (χ2v) is 8.68. The molecule has 0 N–H and O–H groups in total. The van der Waals surface area contributed by atoms with Crippen LogP contribution in [-0.2, 0) is 0 Å². The van der Waals surface area contributed by atoms with E-state index in [1.54, 1.807) is 6.92 Å². The van der Waals surface area contributed by atoms with Crippen LogP contribution in [-0.4, -0.2) is 5.78 Å². The van der Waals surface area contributed by atoms with E-state index >= 15 is 0 Å². The van der Waals surface area contributed by atoms with Gasteiger partial charge in [-0.15, -0.1) is 0 Å². The van der Waals surface area contributed by atoms with Gasteiger partial charge in [0.15, 0.2) is 5.78 Å². The summed E-state index contributed by atoms with van der Waals surface area (Å²) in [6.07, 6.45) is 13.2. The van der Waals surface area contributed by atoms with Gasteiger partial charge >= 0.3 is 0 Å². The maximum absolute atomic E-state index is 10.9. The van der Waals surface area contributed by atoms with Crippen LogP contribution in [0.15, 0.2) is 24.3 Å². The van der Waals surface area contributed by atoms with Gasteiger partial charge in [-0.25, -0.2) is 0 Å². The van der Waals surface area contributed by atoms with Crippen LogP contribution in [0.3, 0.4) is 0 Å². The summed E-state index contributed by atoms with van der Waals surface area (Å²) in [4.78, 5) is 10.9. The van der Waals surface area contributed by atoms with Crippen molar-refractivity contribution in [2.45, 2.75) is 105 Å². The Bertz CT molecular complexity index is 495. The monoisotopic (exact) mass is 358 g/mol. The molecule has 0 radical (unpaired) electrons. The van der Waals surface area contributed by atoms with E-state index < -0.39 is 0 Å². The molecule has 0 spiro atoms. The first kappa shape index (κ1) is 22.9. The maximum Gasteiger partial charge on any atom is 0.159 e. The molecule has 26 heavy (non-hydrogen) atoms. The highest BCUT2D eigenvalue weighted by Gasteiger charge is 2.32. The van der Waals surface area contributed by atoms with Crippen molar-refractivity contribution in [1.82, 2.24) is 0 Å². The summed E-state index contributed by atoms with van der Waals surface area (Å²) in [6.45, 7) is 12.9. The summed E-state index contributed by atoms with van der Waals surface area (Å²) in [6, 6.07) is 7.80. The van der Waals surface area contributed by atoms with Crippen LogP contribution in [0, 0.1) is 11.3 Å². The minimum atomic E-state index is 0.130. The first-order valence-corrected chi connectivity index (χ1v) is 11.0. The Morgan fingerprint density at radius 2 is 1.50 bits per heavy atom. The molecule has 0 aliphatic heterocycles. The minimum absolute atomic E-state index is 0.130. The van der Waals surface area contributed by atoms with Gasteiger partial charge in [0.25, 0.3) is 0 Å². The molecule has 0 atom stereocenters. The van der Waals surface area contributed by atoms with Gasteiger partial charge in [-0.1, -0.05) is 78.1 Å². The van der Waals surface area contributed by atoms with Crippen molar-refractivity contribution >= 4 is 5.78 Å². The molecular formula is C25H42O. The predicted molar refractivity (Wildman–Crippen MR) is 115 cm³/mol. The third-order valence-electron chi connectivity index (χ3n) is 6.29. The van der Waals surface area contributed by atoms with E-state index in [9.17, 15) is 4.79 Å². The Hall–Kier alpha value is -1.11. The standard InChI is InChI=1S/C14H28.C11H14O/c1-4-9-14(10-5-2)11-7-13(6-3)8-12-14;1-8(2)10-4-6-11(7-5-10)9(3)12/h13H,4-12H2,1-3H3;4-8H,1-3H3. The zero-order valence-electron chi connectivity index (χ0n) is 18.2. The van der Waals surface area contributed by atoms with Gasteiger partial charge in [0, 0.05) is 5.56 Å². The number of Topliss-reactive ketones (excluding diaryl/α,β-unsaturated/α-hetero) is 1. The van der Waals surface area contributed by atoms with Crippen LogP contribution in [0.25, 0.3) is 0 Å². The Labute approximate surface area is 163 Å². The number of hydrogen-bond acceptors (Lipinski definition) is 1.